The van der Waals surface area contributed by atoms with E-state index in [-0.39, 0.29) is 11.5 Å². The molecule has 0 amide bonds. The molecule has 2 aliphatic heterocycles. The van der Waals surface area contributed by atoms with Gasteiger partial charge in [-0.3, -0.25) is 0 Å². The van der Waals surface area contributed by atoms with Crippen molar-refractivity contribution in [1.82, 2.24) is 0 Å². The Kier molecular flexibility index (Phi) is 4.88. The molecular formula is C15H28O4. The minimum absolute atomic E-state index is 0.148. The van der Waals surface area contributed by atoms with Gasteiger partial charge in [0.1, 0.15) is 0 Å². The molecule has 1 spiro atoms. The summed E-state index contributed by atoms with van der Waals surface area (Å²) in [7, 11) is 0. The summed E-state index contributed by atoms with van der Waals surface area (Å²) in [6.07, 6.45) is 3.14. The van der Waals surface area contributed by atoms with E-state index in [1.165, 1.54) is 0 Å². The SMILES string of the molecule is CCOC(C)(CC)C(O)C1CCOC2(CCOC2)C1. The molecule has 2 aliphatic rings. The molecule has 0 aromatic carbocycles. The highest BCUT2D eigenvalue weighted by Crippen LogP contribution is 2.40. The molecule has 4 nitrogen and oxygen atoms in total. The van der Waals surface area contributed by atoms with E-state index in [1.807, 2.05) is 13.8 Å². The standard InChI is InChI=1S/C15H28O4/c1-4-14(3,18-5-2)13(16)12-6-8-19-15(10-12)7-9-17-11-15/h12-13,16H,4-11H2,1-3H3. The topological polar surface area (TPSA) is 47.9 Å². The zero-order chi connectivity index (χ0) is 13.9. The van der Waals surface area contributed by atoms with E-state index in [0.29, 0.717) is 13.2 Å². The molecule has 0 aromatic rings. The van der Waals surface area contributed by atoms with E-state index in [2.05, 4.69) is 6.92 Å². The van der Waals surface area contributed by atoms with Crippen LogP contribution in [0, 0.1) is 5.92 Å². The molecule has 0 bridgehead atoms. The first-order valence-electron chi connectivity index (χ1n) is 7.59. The zero-order valence-corrected chi connectivity index (χ0v) is 12.5. The van der Waals surface area contributed by atoms with Crippen LogP contribution in [-0.2, 0) is 14.2 Å². The molecule has 4 heteroatoms. The number of hydrogen-bond acceptors (Lipinski definition) is 4. The minimum atomic E-state index is -0.447. The molecule has 2 saturated heterocycles. The van der Waals surface area contributed by atoms with Gasteiger partial charge in [-0.1, -0.05) is 6.92 Å². The molecule has 112 valence electrons. The van der Waals surface area contributed by atoms with Gasteiger partial charge in [-0.2, -0.15) is 0 Å². The fraction of sp³-hybridized carbons (Fsp3) is 1.00. The molecular weight excluding hydrogens is 244 g/mol. The summed E-state index contributed by atoms with van der Waals surface area (Å²) in [5.74, 6) is 0.243. The Morgan fingerprint density at radius 2 is 2.21 bits per heavy atom. The summed E-state index contributed by atoms with van der Waals surface area (Å²) >= 11 is 0. The first-order chi connectivity index (χ1) is 9.05. The fourth-order valence-electron chi connectivity index (χ4n) is 3.42. The van der Waals surface area contributed by atoms with E-state index in [0.717, 1.165) is 38.9 Å². The van der Waals surface area contributed by atoms with Crippen molar-refractivity contribution < 1.29 is 19.3 Å². The molecule has 0 aliphatic carbocycles. The van der Waals surface area contributed by atoms with Crippen molar-refractivity contribution >= 4 is 0 Å². The van der Waals surface area contributed by atoms with Crippen molar-refractivity contribution in [3.8, 4) is 0 Å². The molecule has 1 N–H and O–H groups in total. The first-order valence-corrected chi connectivity index (χ1v) is 7.59. The lowest BCUT2D eigenvalue weighted by atomic mass is 9.76. The highest BCUT2D eigenvalue weighted by atomic mass is 16.6. The molecule has 0 aromatic heterocycles. The van der Waals surface area contributed by atoms with Crippen LogP contribution in [0.15, 0.2) is 0 Å². The van der Waals surface area contributed by atoms with Gasteiger partial charge >= 0.3 is 0 Å². The van der Waals surface area contributed by atoms with Crippen LogP contribution in [0.25, 0.3) is 0 Å². The van der Waals surface area contributed by atoms with Crippen molar-refractivity contribution in [3.63, 3.8) is 0 Å². The first kappa shape index (κ1) is 15.2. The Hall–Kier alpha value is -0.160. The normalized spacial score (nSPS) is 36.3. The van der Waals surface area contributed by atoms with Crippen LogP contribution < -0.4 is 0 Å². The number of hydrogen-bond donors (Lipinski definition) is 1. The average Bonchev–Trinajstić information content (AvgIpc) is 2.86. The Morgan fingerprint density at radius 3 is 2.79 bits per heavy atom. The average molecular weight is 272 g/mol. The highest BCUT2D eigenvalue weighted by Gasteiger charge is 2.46. The van der Waals surface area contributed by atoms with Crippen molar-refractivity contribution in [2.75, 3.05) is 26.4 Å². The van der Waals surface area contributed by atoms with Gasteiger partial charge in [0.2, 0.25) is 0 Å². The Morgan fingerprint density at radius 1 is 1.42 bits per heavy atom. The van der Waals surface area contributed by atoms with Crippen LogP contribution in [0.1, 0.15) is 46.5 Å². The van der Waals surface area contributed by atoms with E-state index < -0.39 is 11.7 Å². The quantitative estimate of drug-likeness (QED) is 0.833. The molecule has 4 atom stereocenters. The van der Waals surface area contributed by atoms with Crippen LogP contribution in [0.3, 0.4) is 0 Å². The molecule has 2 rings (SSSR count). The largest absolute Gasteiger partial charge is 0.390 e. The van der Waals surface area contributed by atoms with E-state index >= 15 is 0 Å². The summed E-state index contributed by atoms with van der Waals surface area (Å²) < 4.78 is 17.2. The van der Waals surface area contributed by atoms with Crippen LogP contribution in [0.5, 0.6) is 0 Å². The van der Waals surface area contributed by atoms with Gasteiger partial charge in [-0.15, -0.1) is 0 Å². The lowest BCUT2D eigenvalue weighted by Crippen LogP contribution is -2.51. The summed E-state index contributed by atoms with van der Waals surface area (Å²) in [6, 6.07) is 0. The van der Waals surface area contributed by atoms with Crippen molar-refractivity contribution in [3.05, 3.63) is 0 Å². The minimum Gasteiger partial charge on any atom is -0.390 e. The van der Waals surface area contributed by atoms with Gasteiger partial charge in [0.25, 0.3) is 0 Å². The molecule has 0 radical (unpaired) electrons. The molecule has 0 saturated carbocycles. The Bertz CT molecular complexity index is 288. The number of aliphatic hydroxyl groups is 1. The maximum absolute atomic E-state index is 10.7. The van der Waals surface area contributed by atoms with Crippen LogP contribution in [-0.4, -0.2) is 48.8 Å². The second kappa shape index (κ2) is 6.08. The smallest absolute Gasteiger partial charge is 0.0940 e. The lowest BCUT2D eigenvalue weighted by molar-refractivity contribution is -0.169. The maximum atomic E-state index is 10.7. The molecule has 2 heterocycles. The lowest BCUT2D eigenvalue weighted by Gasteiger charge is -2.44. The van der Waals surface area contributed by atoms with Crippen molar-refractivity contribution in [2.45, 2.75) is 63.8 Å². The third-order valence-electron chi connectivity index (χ3n) is 4.85. The van der Waals surface area contributed by atoms with Gasteiger partial charge in [-0.05, 0) is 39.0 Å². The summed E-state index contributed by atoms with van der Waals surface area (Å²) in [5, 5.41) is 10.7. The number of rotatable bonds is 5. The van der Waals surface area contributed by atoms with Gasteiger partial charge in [0.05, 0.1) is 23.9 Å². The van der Waals surface area contributed by atoms with Gasteiger partial charge < -0.3 is 19.3 Å². The highest BCUT2D eigenvalue weighted by molar-refractivity contribution is 4.96. The summed E-state index contributed by atoms with van der Waals surface area (Å²) in [6.45, 7) is 8.89. The van der Waals surface area contributed by atoms with E-state index in [4.69, 9.17) is 14.2 Å². The van der Waals surface area contributed by atoms with Gasteiger partial charge in [0.15, 0.2) is 0 Å². The summed E-state index contributed by atoms with van der Waals surface area (Å²) in [5.41, 5.74) is -0.595. The van der Waals surface area contributed by atoms with Crippen LogP contribution >= 0.6 is 0 Å². The predicted molar refractivity (Wildman–Crippen MR) is 73.2 cm³/mol. The third-order valence-corrected chi connectivity index (χ3v) is 4.85. The number of ether oxygens (including phenoxy) is 3. The zero-order valence-electron chi connectivity index (χ0n) is 12.5. The predicted octanol–water partition coefficient (Wildman–Crippen LogP) is 2.14. The Balaban J connectivity index is 2.03. The van der Waals surface area contributed by atoms with Crippen molar-refractivity contribution in [2.24, 2.45) is 5.92 Å². The van der Waals surface area contributed by atoms with E-state index in [1.54, 1.807) is 0 Å². The van der Waals surface area contributed by atoms with Crippen molar-refractivity contribution in [1.29, 1.82) is 0 Å². The molecule has 2 fully saturated rings. The third kappa shape index (κ3) is 3.13. The van der Waals surface area contributed by atoms with Gasteiger partial charge in [0, 0.05) is 26.2 Å². The van der Waals surface area contributed by atoms with Crippen LogP contribution in [0.2, 0.25) is 0 Å². The Labute approximate surface area is 116 Å². The maximum Gasteiger partial charge on any atom is 0.0940 e. The monoisotopic (exact) mass is 272 g/mol. The van der Waals surface area contributed by atoms with E-state index in [9.17, 15) is 5.11 Å². The van der Waals surface area contributed by atoms with Crippen LogP contribution in [0.4, 0.5) is 0 Å². The summed E-state index contributed by atoms with van der Waals surface area (Å²) in [4.78, 5) is 0. The second-order valence-electron chi connectivity index (χ2n) is 6.13. The number of aliphatic hydroxyl groups excluding tert-OH is 1. The molecule has 19 heavy (non-hydrogen) atoms. The fourth-order valence-corrected chi connectivity index (χ4v) is 3.42. The molecule has 4 unspecified atom stereocenters. The second-order valence-corrected chi connectivity index (χ2v) is 6.13. The van der Waals surface area contributed by atoms with Gasteiger partial charge in [-0.25, -0.2) is 0 Å².